The summed E-state index contributed by atoms with van der Waals surface area (Å²) in [7, 11) is -3.56. The molecule has 1 amide bonds. The van der Waals surface area contributed by atoms with Crippen LogP contribution in [0.1, 0.15) is 32.1 Å². The predicted molar refractivity (Wildman–Crippen MR) is 96.7 cm³/mol. The van der Waals surface area contributed by atoms with Crippen molar-refractivity contribution >= 4 is 15.9 Å². The van der Waals surface area contributed by atoms with Gasteiger partial charge in [0.15, 0.2) is 0 Å². The lowest BCUT2D eigenvalue weighted by atomic mass is 10.2. The summed E-state index contributed by atoms with van der Waals surface area (Å²) in [6.45, 7) is 3.28. The van der Waals surface area contributed by atoms with E-state index >= 15 is 0 Å². The lowest BCUT2D eigenvalue weighted by molar-refractivity contribution is -0.131. The number of nitrogens with zero attached hydrogens (tertiary/aromatic N) is 2. The molecule has 25 heavy (non-hydrogen) atoms. The minimum atomic E-state index is -3.56. The molecule has 0 bridgehead atoms. The Labute approximate surface area is 150 Å². The Morgan fingerprint density at radius 2 is 1.76 bits per heavy atom. The van der Waals surface area contributed by atoms with Gasteiger partial charge in [0.1, 0.15) is 0 Å². The fourth-order valence-electron chi connectivity index (χ4n) is 3.70. The summed E-state index contributed by atoms with van der Waals surface area (Å²) < 4.78 is 27.8. The number of sulfonamides is 1. The maximum Gasteiger partial charge on any atom is 0.243 e. The number of rotatable bonds is 6. The molecule has 1 aromatic rings. The summed E-state index contributed by atoms with van der Waals surface area (Å²) in [6.07, 6.45) is 4.12. The molecule has 1 N–H and O–H groups in total. The zero-order valence-electron chi connectivity index (χ0n) is 14.6. The maximum atomic E-state index is 13.1. The van der Waals surface area contributed by atoms with Gasteiger partial charge in [0.25, 0.3) is 0 Å². The molecule has 0 radical (unpaired) electrons. The van der Waals surface area contributed by atoms with Crippen molar-refractivity contribution in [2.24, 2.45) is 0 Å². The molecular formula is C18H27N3O3S. The molecule has 1 aliphatic carbocycles. The lowest BCUT2D eigenvalue weighted by Crippen LogP contribution is -2.48. The zero-order valence-corrected chi connectivity index (χ0v) is 15.4. The molecule has 2 aliphatic rings. The van der Waals surface area contributed by atoms with E-state index in [0.29, 0.717) is 18.0 Å². The highest BCUT2D eigenvalue weighted by Crippen LogP contribution is 2.29. The Hall–Kier alpha value is -1.44. The van der Waals surface area contributed by atoms with Crippen LogP contribution in [0.2, 0.25) is 0 Å². The van der Waals surface area contributed by atoms with Crippen LogP contribution in [0, 0.1) is 0 Å². The van der Waals surface area contributed by atoms with Crippen LogP contribution in [-0.2, 0) is 14.8 Å². The van der Waals surface area contributed by atoms with E-state index in [4.69, 9.17) is 0 Å². The highest BCUT2D eigenvalue weighted by molar-refractivity contribution is 7.89. The molecule has 138 valence electrons. The smallest absolute Gasteiger partial charge is 0.243 e. The fourth-order valence-corrected chi connectivity index (χ4v) is 5.40. The molecule has 0 unspecified atom stereocenters. The number of nitrogens with one attached hydrogen (secondary N) is 1. The first kappa shape index (κ1) is 18.4. The van der Waals surface area contributed by atoms with Crippen molar-refractivity contribution in [3.05, 3.63) is 30.3 Å². The molecule has 1 saturated carbocycles. The number of hydrogen-bond donors (Lipinski definition) is 1. The third kappa shape index (κ3) is 4.40. The van der Waals surface area contributed by atoms with Crippen molar-refractivity contribution in [3.8, 4) is 0 Å². The average Bonchev–Trinajstić information content (AvgIpc) is 3.17. The van der Waals surface area contributed by atoms with Gasteiger partial charge in [0.2, 0.25) is 15.9 Å². The van der Waals surface area contributed by atoms with Crippen molar-refractivity contribution in [1.82, 2.24) is 14.5 Å². The number of amides is 1. The number of carbonyl (C=O) groups excluding carboxylic acids is 1. The van der Waals surface area contributed by atoms with Gasteiger partial charge in [-0.25, -0.2) is 8.42 Å². The number of benzene rings is 1. The minimum absolute atomic E-state index is 0.0148. The van der Waals surface area contributed by atoms with Crippen LogP contribution in [0.3, 0.4) is 0 Å². The van der Waals surface area contributed by atoms with E-state index in [1.165, 1.54) is 0 Å². The van der Waals surface area contributed by atoms with Crippen molar-refractivity contribution in [2.45, 2.75) is 43.0 Å². The van der Waals surface area contributed by atoms with E-state index in [0.717, 1.165) is 38.8 Å². The van der Waals surface area contributed by atoms with E-state index in [-0.39, 0.29) is 24.9 Å². The molecule has 1 saturated heterocycles. The molecule has 0 spiro atoms. The van der Waals surface area contributed by atoms with Crippen LogP contribution >= 0.6 is 0 Å². The van der Waals surface area contributed by atoms with Crippen LogP contribution < -0.4 is 5.32 Å². The van der Waals surface area contributed by atoms with Gasteiger partial charge in [-0.05, 0) is 25.0 Å². The number of piperazine rings is 1. The second-order valence-electron chi connectivity index (χ2n) is 6.75. The van der Waals surface area contributed by atoms with Gasteiger partial charge in [-0.1, -0.05) is 31.0 Å². The first-order valence-corrected chi connectivity index (χ1v) is 10.6. The maximum absolute atomic E-state index is 13.1. The molecule has 3 rings (SSSR count). The minimum Gasteiger partial charge on any atom is -0.340 e. The number of carbonyl (C=O) groups is 1. The van der Waals surface area contributed by atoms with E-state index in [2.05, 4.69) is 5.32 Å². The van der Waals surface area contributed by atoms with Crippen LogP contribution in [0.4, 0.5) is 0 Å². The fraction of sp³-hybridized carbons (Fsp3) is 0.611. The van der Waals surface area contributed by atoms with Crippen LogP contribution in [0.5, 0.6) is 0 Å². The second-order valence-corrected chi connectivity index (χ2v) is 8.64. The molecule has 6 nitrogen and oxygen atoms in total. The van der Waals surface area contributed by atoms with Crippen molar-refractivity contribution < 1.29 is 13.2 Å². The molecule has 1 aliphatic heterocycles. The molecule has 0 aromatic heterocycles. The zero-order chi connectivity index (χ0) is 17.7. The van der Waals surface area contributed by atoms with Gasteiger partial charge < -0.3 is 10.2 Å². The van der Waals surface area contributed by atoms with Gasteiger partial charge >= 0.3 is 0 Å². The normalized spacial score (nSPS) is 19.5. The van der Waals surface area contributed by atoms with E-state index < -0.39 is 10.0 Å². The van der Waals surface area contributed by atoms with Crippen LogP contribution in [0.15, 0.2) is 35.2 Å². The second kappa shape index (κ2) is 8.29. The molecule has 1 aromatic carbocycles. The monoisotopic (exact) mass is 365 g/mol. The average molecular weight is 365 g/mol. The van der Waals surface area contributed by atoms with Crippen LogP contribution in [0.25, 0.3) is 0 Å². The topological polar surface area (TPSA) is 69.7 Å². The number of hydrogen-bond acceptors (Lipinski definition) is 4. The molecular weight excluding hydrogens is 338 g/mol. The van der Waals surface area contributed by atoms with Crippen molar-refractivity contribution in [2.75, 3.05) is 32.7 Å². The first-order valence-electron chi connectivity index (χ1n) is 9.14. The first-order chi connectivity index (χ1) is 12.1. The summed E-state index contributed by atoms with van der Waals surface area (Å²) in [6, 6.07) is 8.58. The molecule has 7 heteroatoms. The molecule has 1 heterocycles. The quantitative estimate of drug-likeness (QED) is 0.828. The Morgan fingerprint density at radius 1 is 1.12 bits per heavy atom. The SMILES string of the molecule is O=C(CCN(C1CCCC1)S(=O)(=O)c1ccccc1)N1CCNCC1. The van der Waals surface area contributed by atoms with Gasteiger partial charge in [0, 0.05) is 45.2 Å². The summed E-state index contributed by atoms with van der Waals surface area (Å²) in [5.41, 5.74) is 0. The summed E-state index contributed by atoms with van der Waals surface area (Å²) >= 11 is 0. The molecule has 0 atom stereocenters. The van der Waals surface area contributed by atoms with Crippen molar-refractivity contribution in [3.63, 3.8) is 0 Å². The van der Waals surface area contributed by atoms with Gasteiger partial charge in [0.05, 0.1) is 4.90 Å². The van der Waals surface area contributed by atoms with E-state index in [1.54, 1.807) is 28.6 Å². The van der Waals surface area contributed by atoms with Crippen LogP contribution in [-0.4, -0.2) is 62.3 Å². The Kier molecular flexibility index (Phi) is 6.09. The Morgan fingerprint density at radius 3 is 2.40 bits per heavy atom. The van der Waals surface area contributed by atoms with Gasteiger partial charge in [-0.15, -0.1) is 0 Å². The molecule has 2 fully saturated rings. The Bertz CT molecular complexity index is 666. The summed E-state index contributed by atoms with van der Waals surface area (Å²) in [5.74, 6) is 0.0489. The van der Waals surface area contributed by atoms with E-state index in [1.807, 2.05) is 11.0 Å². The Balaban J connectivity index is 1.72. The van der Waals surface area contributed by atoms with Gasteiger partial charge in [-0.2, -0.15) is 4.31 Å². The highest BCUT2D eigenvalue weighted by Gasteiger charge is 2.33. The van der Waals surface area contributed by atoms with Crippen molar-refractivity contribution in [1.29, 1.82) is 0 Å². The third-order valence-electron chi connectivity index (χ3n) is 5.10. The van der Waals surface area contributed by atoms with E-state index in [9.17, 15) is 13.2 Å². The summed E-state index contributed by atoms with van der Waals surface area (Å²) in [5, 5.41) is 3.22. The highest BCUT2D eigenvalue weighted by atomic mass is 32.2. The predicted octanol–water partition coefficient (Wildman–Crippen LogP) is 1.44. The third-order valence-corrected chi connectivity index (χ3v) is 7.06. The largest absolute Gasteiger partial charge is 0.340 e. The summed E-state index contributed by atoms with van der Waals surface area (Å²) in [4.78, 5) is 14.6. The van der Waals surface area contributed by atoms with Gasteiger partial charge in [-0.3, -0.25) is 4.79 Å². The standard InChI is InChI=1S/C18H27N3O3S/c22-18(20-14-11-19-12-15-20)10-13-21(16-6-4-5-7-16)25(23,24)17-8-2-1-3-9-17/h1-3,8-9,16,19H,4-7,10-15H2. The lowest BCUT2D eigenvalue weighted by Gasteiger charge is -2.31.